The molecule has 0 spiro atoms. The van der Waals surface area contributed by atoms with Crippen LogP contribution in [0.15, 0.2) is 17.4 Å². The van der Waals surface area contributed by atoms with Crippen LogP contribution in [0.2, 0.25) is 0 Å². The average Bonchev–Trinajstić information content (AvgIpc) is 2.79. The molecule has 1 atom stereocenters. The van der Waals surface area contributed by atoms with Crippen LogP contribution in [-0.4, -0.2) is 47.4 Å². The van der Waals surface area contributed by atoms with Gasteiger partial charge in [0.15, 0.2) is 5.96 Å². The summed E-state index contributed by atoms with van der Waals surface area (Å²) in [5, 5.41) is 15.4. The molecular weight excluding hydrogens is 402 g/mol. The van der Waals surface area contributed by atoms with E-state index < -0.39 is 24.0 Å². The van der Waals surface area contributed by atoms with Crippen molar-refractivity contribution < 1.29 is 18.3 Å². The van der Waals surface area contributed by atoms with Gasteiger partial charge in [-0.15, -0.1) is 24.0 Å². The molecule has 0 fully saturated rings. The van der Waals surface area contributed by atoms with Crippen molar-refractivity contribution >= 4 is 29.9 Å². The minimum Gasteiger partial charge on any atom is -0.374 e. The highest BCUT2D eigenvalue weighted by atomic mass is 127. The predicted molar refractivity (Wildman–Crippen MR) is 83.6 cm³/mol. The van der Waals surface area contributed by atoms with Crippen molar-refractivity contribution in [1.29, 1.82) is 0 Å². The Kier molecular flexibility index (Phi) is 7.44. The fourth-order valence-corrected chi connectivity index (χ4v) is 1.79. The quantitative estimate of drug-likeness (QED) is 0.385. The van der Waals surface area contributed by atoms with Crippen LogP contribution in [0.5, 0.6) is 0 Å². The molecule has 6 nitrogen and oxygen atoms in total. The monoisotopic (exact) mass is 421 g/mol. The lowest BCUT2D eigenvalue weighted by Crippen LogP contribution is -2.47. The number of rotatable bonds is 4. The number of imidazole rings is 1. The standard InChI is InChI=1S/C11H18F3N5O.HI/c1-15-9(16-2)18-5-4-10(20,11(12,13)14)8-17-6-7-19(8)3;/h6-7,20H,4-5H2,1-3H3,(H2,15,16,18);1H. The number of aryl methyl sites for hydroxylation is 1. The van der Waals surface area contributed by atoms with Gasteiger partial charge in [-0.3, -0.25) is 4.99 Å². The highest BCUT2D eigenvalue weighted by Gasteiger charge is 2.57. The molecule has 21 heavy (non-hydrogen) atoms. The van der Waals surface area contributed by atoms with Gasteiger partial charge in [0, 0.05) is 46.5 Å². The average molecular weight is 421 g/mol. The van der Waals surface area contributed by atoms with E-state index >= 15 is 0 Å². The number of aliphatic hydroxyl groups is 1. The third-order valence-corrected chi connectivity index (χ3v) is 2.90. The zero-order chi connectivity index (χ0) is 15.4. The molecule has 0 aliphatic heterocycles. The number of hydrogen-bond donors (Lipinski definition) is 3. The van der Waals surface area contributed by atoms with Gasteiger partial charge >= 0.3 is 6.18 Å². The van der Waals surface area contributed by atoms with Crippen LogP contribution in [0.1, 0.15) is 12.2 Å². The molecule has 1 heterocycles. The third-order valence-electron chi connectivity index (χ3n) is 2.90. The van der Waals surface area contributed by atoms with Gasteiger partial charge in [-0.1, -0.05) is 0 Å². The third kappa shape index (κ3) is 4.46. The largest absolute Gasteiger partial charge is 0.424 e. The molecular formula is C11H19F3IN5O. The number of halogens is 4. The summed E-state index contributed by atoms with van der Waals surface area (Å²) in [5.74, 6) is -0.0967. The number of aromatic nitrogens is 2. The summed E-state index contributed by atoms with van der Waals surface area (Å²) in [6.07, 6.45) is -2.84. The van der Waals surface area contributed by atoms with Crippen LogP contribution in [0.25, 0.3) is 0 Å². The molecule has 0 aliphatic carbocycles. The maximum Gasteiger partial charge on any atom is 0.424 e. The second kappa shape index (κ2) is 7.82. The maximum atomic E-state index is 13.2. The highest BCUT2D eigenvalue weighted by molar-refractivity contribution is 14.0. The molecule has 1 rings (SSSR count). The minimum atomic E-state index is -4.82. The van der Waals surface area contributed by atoms with E-state index in [-0.39, 0.29) is 30.5 Å². The van der Waals surface area contributed by atoms with Crippen LogP contribution >= 0.6 is 24.0 Å². The fourth-order valence-electron chi connectivity index (χ4n) is 1.79. The van der Waals surface area contributed by atoms with E-state index in [0.717, 1.165) is 4.57 Å². The smallest absolute Gasteiger partial charge is 0.374 e. The number of nitrogens with zero attached hydrogens (tertiary/aromatic N) is 3. The Morgan fingerprint density at radius 1 is 1.48 bits per heavy atom. The van der Waals surface area contributed by atoms with Crippen molar-refractivity contribution in [3.8, 4) is 0 Å². The topological polar surface area (TPSA) is 74.5 Å². The Labute approximate surface area is 137 Å². The van der Waals surface area contributed by atoms with Crippen molar-refractivity contribution in [2.75, 3.05) is 20.6 Å². The molecule has 0 saturated heterocycles. The SMILES string of the molecule is CN=C(NC)NCCC(O)(c1nccn1C)C(F)(F)F.I. The highest BCUT2D eigenvalue weighted by Crippen LogP contribution is 2.40. The molecule has 122 valence electrons. The number of aliphatic imine (C=N–C) groups is 1. The van der Waals surface area contributed by atoms with E-state index in [2.05, 4.69) is 20.6 Å². The van der Waals surface area contributed by atoms with E-state index in [4.69, 9.17) is 0 Å². The first kappa shape index (κ1) is 20.0. The lowest BCUT2D eigenvalue weighted by molar-refractivity contribution is -0.272. The molecule has 0 saturated carbocycles. The van der Waals surface area contributed by atoms with Crippen LogP contribution in [-0.2, 0) is 12.6 Å². The van der Waals surface area contributed by atoms with E-state index in [1.165, 1.54) is 26.5 Å². The predicted octanol–water partition coefficient (Wildman–Crippen LogP) is 0.973. The fraction of sp³-hybridized carbons (Fsp3) is 0.636. The van der Waals surface area contributed by atoms with Crippen molar-refractivity contribution in [3.63, 3.8) is 0 Å². The lowest BCUT2D eigenvalue weighted by Gasteiger charge is -2.30. The van der Waals surface area contributed by atoms with Gasteiger partial charge < -0.3 is 20.3 Å². The van der Waals surface area contributed by atoms with Gasteiger partial charge in [-0.25, -0.2) is 4.98 Å². The van der Waals surface area contributed by atoms with Crippen LogP contribution < -0.4 is 10.6 Å². The molecule has 3 N–H and O–H groups in total. The van der Waals surface area contributed by atoms with E-state index in [1.807, 2.05) is 0 Å². The molecule has 0 bridgehead atoms. The normalized spacial score (nSPS) is 15.1. The zero-order valence-electron chi connectivity index (χ0n) is 11.9. The minimum absolute atomic E-state index is 0. The summed E-state index contributed by atoms with van der Waals surface area (Å²) >= 11 is 0. The number of alkyl halides is 3. The molecule has 10 heteroatoms. The zero-order valence-corrected chi connectivity index (χ0v) is 14.2. The Bertz CT molecular complexity index is 477. The summed E-state index contributed by atoms with van der Waals surface area (Å²) < 4.78 is 40.6. The summed E-state index contributed by atoms with van der Waals surface area (Å²) in [7, 11) is 4.48. The maximum absolute atomic E-state index is 13.2. The second-order valence-corrected chi connectivity index (χ2v) is 4.22. The van der Waals surface area contributed by atoms with Gasteiger partial charge in [0.2, 0.25) is 5.60 Å². The summed E-state index contributed by atoms with van der Waals surface area (Å²) in [5.41, 5.74) is -3.01. The lowest BCUT2D eigenvalue weighted by atomic mass is 9.97. The Morgan fingerprint density at radius 3 is 2.48 bits per heavy atom. The summed E-state index contributed by atoms with van der Waals surface area (Å²) in [4.78, 5) is 7.39. The van der Waals surface area contributed by atoms with Gasteiger partial charge in [-0.2, -0.15) is 13.2 Å². The first-order valence-electron chi connectivity index (χ1n) is 5.91. The molecule has 0 amide bonds. The summed E-state index contributed by atoms with van der Waals surface area (Å²) in [6, 6.07) is 0. The van der Waals surface area contributed by atoms with Crippen molar-refractivity contribution in [3.05, 3.63) is 18.2 Å². The molecule has 1 aromatic rings. The van der Waals surface area contributed by atoms with E-state index in [1.54, 1.807) is 7.05 Å². The molecule has 1 aromatic heterocycles. The van der Waals surface area contributed by atoms with Crippen LogP contribution in [0.3, 0.4) is 0 Å². The van der Waals surface area contributed by atoms with Crippen molar-refractivity contribution in [2.24, 2.45) is 12.0 Å². The van der Waals surface area contributed by atoms with Gasteiger partial charge in [0.25, 0.3) is 0 Å². The molecule has 0 aliphatic rings. The number of nitrogens with one attached hydrogen (secondary N) is 2. The van der Waals surface area contributed by atoms with Crippen molar-refractivity contribution in [2.45, 2.75) is 18.2 Å². The molecule has 1 unspecified atom stereocenters. The van der Waals surface area contributed by atoms with E-state index in [9.17, 15) is 18.3 Å². The van der Waals surface area contributed by atoms with Crippen molar-refractivity contribution in [1.82, 2.24) is 20.2 Å². The molecule has 0 radical (unpaired) electrons. The second-order valence-electron chi connectivity index (χ2n) is 4.22. The van der Waals surface area contributed by atoms with Crippen LogP contribution in [0.4, 0.5) is 13.2 Å². The Balaban J connectivity index is 0.00000400. The Hall–Kier alpha value is -1.04. The number of guanidine groups is 1. The van der Waals surface area contributed by atoms with Gasteiger partial charge in [-0.05, 0) is 0 Å². The van der Waals surface area contributed by atoms with E-state index in [0.29, 0.717) is 5.96 Å². The van der Waals surface area contributed by atoms with Gasteiger partial charge in [0.05, 0.1) is 0 Å². The number of hydrogen-bond acceptors (Lipinski definition) is 3. The first-order valence-corrected chi connectivity index (χ1v) is 5.91. The van der Waals surface area contributed by atoms with Crippen LogP contribution in [0, 0.1) is 0 Å². The van der Waals surface area contributed by atoms with Gasteiger partial charge in [0.1, 0.15) is 5.82 Å². The summed E-state index contributed by atoms with van der Waals surface area (Å²) in [6.45, 7) is -0.115. The Morgan fingerprint density at radius 2 is 2.10 bits per heavy atom. The first-order chi connectivity index (χ1) is 9.26. The molecule has 0 aromatic carbocycles.